The first-order valence-corrected chi connectivity index (χ1v) is 5.96. The van der Waals surface area contributed by atoms with Gasteiger partial charge in [0.15, 0.2) is 5.75 Å². The summed E-state index contributed by atoms with van der Waals surface area (Å²) >= 11 is 0. The van der Waals surface area contributed by atoms with Gasteiger partial charge in [0.2, 0.25) is 0 Å². The third-order valence-electron chi connectivity index (χ3n) is 3.18. The first kappa shape index (κ1) is 13.0. The van der Waals surface area contributed by atoms with E-state index in [-0.39, 0.29) is 0 Å². The lowest BCUT2D eigenvalue weighted by Crippen LogP contribution is -2.26. The zero-order chi connectivity index (χ0) is 12.1. The Morgan fingerprint density at radius 2 is 2.19 bits per heavy atom. The van der Waals surface area contributed by atoms with Crippen LogP contribution in [0.1, 0.15) is 38.9 Å². The maximum atomic E-state index is 5.38. The Bertz CT molecular complexity index is 301. The highest BCUT2D eigenvalue weighted by Gasteiger charge is 2.24. The van der Waals surface area contributed by atoms with Gasteiger partial charge in [0.1, 0.15) is 0 Å². The van der Waals surface area contributed by atoms with Crippen molar-refractivity contribution in [3.05, 3.63) is 11.9 Å². The molecule has 4 nitrogen and oxygen atoms in total. The molecule has 1 aromatic rings. The molecule has 92 valence electrons. The fourth-order valence-corrected chi connectivity index (χ4v) is 2.03. The summed E-state index contributed by atoms with van der Waals surface area (Å²) in [6, 6.07) is 0.294. The minimum absolute atomic E-state index is 0.294. The summed E-state index contributed by atoms with van der Waals surface area (Å²) < 4.78 is 7.39. The quantitative estimate of drug-likeness (QED) is 0.807. The van der Waals surface area contributed by atoms with E-state index in [0.29, 0.717) is 12.0 Å². The van der Waals surface area contributed by atoms with Gasteiger partial charge < -0.3 is 10.1 Å². The van der Waals surface area contributed by atoms with Crippen LogP contribution in [0, 0.1) is 5.92 Å². The molecule has 2 atom stereocenters. The number of rotatable bonds is 6. The van der Waals surface area contributed by atoms with Crippen LogP contribution in [0.4, 0.5) is 0 Å². The van der Waals surface area contributed by atoms with Crippen molar-refractivity contribution in [3.63, 3.8) is 0 Å². The second-order valence-corrected chi connectivity index (χ2v) is 4.07. The molecular weight excluding hydrogens is 202 g/mol. The van der Waals surface area contributed by atoms with Gasteiger partial charge in [-0.2, -0.15) is 5.10 Å². The van der Waals surface area contributed by atoms with Crippen LogP contribution < -0.4 is 10.1 Å². The molecule has 1 heterocycles. The third-order valence-corrected chi connectivity index (χ3v) is 3.18. The molecule has 0 spiro atoms. The average molecular weight is 225 g/mol. The Morgan fingerprint density at radius 3 is 2.62 bits per heavy atom. The normalized spacial score (nSPS) is 14.8. The molecule has 0 aromatic carbocycles. The molecule has 0 fully saturated rings. The Labute approximate surface area is 98.0 Å². The van der Waals surface area contributed by atoms with Gasteiger partial charge in [-0.15, -0.1) is 0 Å². The fourth-order valence-electron chi connectivity index (χ4n) is 2.03. The third kappa shape index (κ3) is 2.38. The van der Waals surface area contributed by atoms with Crippen molar-refractivity contribution in [1.82, 2.24) is 15.1 Å². The van der Waals surface area contributed by atoms with E-state index in [9.17, 15) is 0 Å². The van der Waals surface area contributed by atoms with Crippen molar-refractivity contribution in [1.29, 1.82) is 0 Å². The summed E-state index contributed by atoms with van der Waals surface area (Å²) in [6.07, 6.45) is 2.93. The van der Waals surface area contributed by atoms with E-state index in [2.05, 4.69) is 31.2 Å². The number of nitrogens with zero attached hydrogens (tertiary/aromatic N) is 2. The zero-order valence-corrected chi connectivity index (χ0v) is 10.9. The Morgan fingerprint density at radius 1 is 1.50 bits per heavy atom. The number of methoxy groups -OCH3 is 1. The van der Waals surface area contributed by atoms with Gasteiger partial charge in [0.25, 0.3) is 0 Å². The van der Waals surface area contributed by atoms with Crippen molar-refractivity contribution in [2.45, 2.75) is 39.8 Å². The van der Waals surface area contributed by atoms with Gasteiger partial charge in [0, 0.05) is 6.54 Å². The summed E-state index contributed by atoms with van der Waals surface area (Å²) in [6.45, 7) is 7.41. The van der Waals surface area contributed by atoms with Gasteiger partial charge in [-0.3, -0.25) is 4.68 Å². The monoisotopic (exact) mass is 225 g/mol. The summed E-state index contributed by atoms with van der Waals surface area (Å²) in [5, 5.41) is 7.71. The van der Waals surface area contributed by atoms with Crippen LogP contribution in [0.5, 0.6) is 5.75 Å². The zero-order valence-electron chi connectivity index (χ0n) is 10.9. The van der Waals surface area contributed by atoms with E-state index in [1.807, 2.05) is 11.7 Å². The lowest BCUT2D eigenvalue weighted by atomic mass is 9.96. The van der Waals surface area contributed by atoms with Gasteiger partial charge in [0.05, 0.1) is 25.0 Å². The molecule has 0 bridgehead atoms. The van der Waals surface area contributed by atoms with Crippen LogP contribution in [0.15, 0.2) is 6.20 Å². The number of aryl methyl sites for hydroxylation is 1. The van der Waals surface area contributed by atoms with Gasteiger partial charge >= 0.3 is 0 Å². The summed E-state index contributed by atoms with van der Waals surface area (Å²) in [7, 11) is 3.69. The van der Waals surface area contributed by atoms with E-state index in [1.165, 1.54) is 0 Å². The number of hydrogen-bond donors (Lipinski definition) is 1. The second kappa shape index (κ2) is 5.89. The fraction of sp³-hybridized carbons (Fsp3) is 0.750. The molecule has 2 unspecified atom stereocenters. The largest absolute Gasteiger partial charge is 0.493 e. The van der Waals surface area contributed by atoms with E-state index in [1.54, 1.807) is 13.3 Å². The first-order valence-electron chi connectivity index (χ1n) is 5.96. The molecule has 0 aliphatic carbocycles. The van der Waals surface area contributed by atoms with Crippen LogP contribution in [0.3, 0.4) is 0 Å². The maximum absolute atomic E-state index is 5.38. The van der Waals surface area contributed by atoms with E-state index < -0.39 is 0 Å². The molecule has 0 aliphatic heterocycles. The number of hydrogen-bond acceptors (Lipinski definition) is 3. The van der Waals surface area contributed by atoms with E-state index in [0.717, 1.165) is 24.4 Å². The van der Waals surface area contributed by atoms with Crippen LogP contribution in [0.25, 0.3) is 0 Å². The van der Waals surface area contributed by atoms with Crippen molar-refractivity contribution < 1.29 is 4.74 Å². The molecule has 0 saturated carbocycles. The summed E-state index contributed by atoms with van der Waals surface area (Å²) in [5.41, 5.74) is 1.15. The van der Waals surface area contributed by atoms with Crippen molar-refractivity contribution >= 4 is 0 Å². The SMILES string of the molecule is CCC(C)C(NC)c1c(OC)cnn1CC. The topological polar surface area (TPSA) is 39.1 Å². The summed E-state index contributed by atoms with van der Waals surface area (Å²) in [5.74, 6) is 1.43. The molecule has 1 aromatic heterocycles. The van der Waals surface area contributed by atoms with Crippen LogP contribution in [0.2, 0.25) is 0 Å². The molecular formula is C12H23N3O. The van der Waals surface area contributed by atoms with Crippen LogP contribution >= 0.6 is 0 Å². The Balaban J connectivity index is 3.10. The van der Waals surface area contributed by atoms with Gasteiger partial charge in [-0.05, 0) is 19.9 Å². The van der Waals surface area contributed by atoms with E-state index >= 15 is 0 Å². The molecule has 0 saturated heterocycles. The molecule has 1 N–H and O–H groups in total. The average Bonchev–Trinajstić information content (AvgIpc) is 2.72. The number of nitrogens with one attached hydrogen (secondary N) is 1. The maximum Gasteiger partial charge on any atom is 0.161 e. The minimum atomic E-state index is 0.294. The molecule has 0 radical (unpaired) electrons. The molecule has 1 rings (SSSR count). The number of ether oxygens (including phenoxy) is 1. The first-order chi connectivity index (χ1) is 7.69. The molecule has 16 heavy (non-hydrogen) atoms. The van der Waals surface area contributed by atoms with Crippen molar-refractivity contribution in [2.75, 3.05) is 14.2 Å². The second-order valence-electron chi connectivity index (χ2n) is 4.07. The van der Waals surface area contributed by atoms with Gasteiger partial charge in [-0.25, -0.2) is 0 Å². The highest BCUT2D eigenvalue weighted by atomic mass is 16.5. The standard InChI is InChI=1S/C12H23N3O/c1-6-9(3)11(13-4)12-10(16-5)8-14-15(12)7-2/h8-9,11,13H,6-7H2,1-5H3. The Hall–Kier alpha value is -1.03. The van der Waals surface area contributed by atoms with Crippen LogP contribution in [-0.2, 0) is 6.54 Å². The van der Waals surface area contributed by atoms with Crippen molar-refractivity contribution in [3.8, 4) is 5.75 Å². The van der Waals surface area contributed by atoms with Crippen LogP contribution in [-0.4, -0.2) is 23.9 Å². The molecule has 4 heteroatoms. The predicted molar refractivity (Wildman–Crippen MR) is 65.7 cm³/mol. The van der Waals surface area contributed by atoms with E-state index in [4.69, 9.17) is 4.74 Å². The predicted octanol–water partition coefficient (Wildman–Crippen LogP) is 2.22. The molecule has 0 aliphatic rings. The Kier molecular flexibility index (Phi) is 4.80. The molecule has 0 amide bonds. The van der Waals surface area contributed by atoms with Gasteiger partial charge in [-0.1, -0.05) is 20.3 Å². The van der Waals surface area contributed by atoms with Crippen molar-refractivity contribution in [2.24, 2.45) is 5.92 Å². The lowest BCUT2D eigenvalue weighted by molar-refractivity contribution is 0.347. The lowest BCUT2D eigenvalue weighted by Gasteiger charge is -2.24. The smallest absolute Gasteiger partial charge is 0.161 e. The summed E-state index contributed by atoms with van der Waals surface area (Å²) in [4.78, 5) is 0. The minimum Gasteiger partial charge on any atom is -0.493 e. The highest BCUT2D eigenvalue weighted by molar-refractivity contribution is 5.28. The number of aromatic nitrogens is 2. The highest BCUT2D eigenvalue weighted by Crippen LogP contribution is 2.31.